The van der Waals surface area contributed by atoms with E-state index in [4.69, 9.17) is 7.85 Å². The number of carbonyl (C=O) groups is 1. The van der Waals surface area contributed by atoms with Crippen molar-refractivity contribution < 1.29 is 13.2 Å². The van der Waals surface area contributed by atoms with E-state index in [-0.39, 0.29) is 17.4 Å². The van der Waals surface area contributed by atoms with Gasteiger partial charge in [-0.3, -0.25) is 0 Å². The van der Waals surface area contributed by atoms with E-state index in [2.05, 4.69) is 0 Å². The zero-order chi connectivity index (χ0) is 9.19. The average molecular weight is 186 g/mol. The number of hydrogen-bond acceptors (Lipinski definition) is 3. The number of sulfone groups is 1. The van der Waals surface area contributed by atoms with E-state index in [1.165, 1.54) is 0 Å². The lowest BCUT2D eigenvalue weighted by Crippen LogP contribution is -2.12. The molecule has 0 bridgehead atoms. The number of rotatable bonds is 5. The molecule has 0 amide bonds. The first kappa shape index (κ1) is 9.77. The molecule has 1 aliphatic carbocycles. The maximum absolute atomic E-state index is 11.2. The third kappa shape index (κ3) is 2.97. The summed E-state index contributed by atoms with van der Waals surface area (Å²) in [6.07, 6.45) is 2.12. The van der Waals surface area contributed by atoms with Gasteiger partial charge < -0.3 is 4.79 Å². The van der Waals surface area contributed by atoms with Crippen molar-refractivity contribution >= 4 is 23.4 Å². The smallest absolute Gasteiger partial charge is 0.167 e. The van der Waals surface area contributed by atoms with Crippen molar-refractivity contribution in [3.8, 4) is 0 Å². The topological polar surface area (TPSA) is 51.2 Å². The van der Waals surface area contributed by atoms with E-state index in [0.717, 1.165) is 12.8 Å². The summed E-state index contributed by atoms with van der Waals surface area (Å²) in [5.74, 6) is 0.112. The van der Waals surface area contributed by atoms with Crippen LogP contribution >= 0.6 is 0 Å². The molecule has 1 fully saturated rings. The molecule has 5 heteroatoms. The van der Waals surface area contributed by atoms with Gasteiger partial charge in [0.2, 0.25) is 0 Å². The molecule has 1 saturated carbocycles. The molecule has 0 aromatic heterocycles. The SMILES string of the molecule is [B]C(=O)CCCS(=O)(=O)C1CC1. The molecule has 0 unspecified atom stereocenters. The third-order valence-corrected chi connectivity index (χ3v) is 4.23. The summed E-state index contributed by atoms with van der Waals surface area (Å²) in [4.78, 5) is 10.3. The highest BCUT2D eigenvalue weighted by molar-refractivity contribution is 7.92. The maximum atomic E-state index is 11.2. The molecule has 0 aliphatic heterocycles. The largest absolute Gasteiger partial charge is 0.313 e. The van der Waals surface area contributed by atoms with Crippen molar-refractivity contribution in [1.82, 2.24) is 0 Å². The van der Waals surface area contributed by atoms with E-state index in [9.17, 15) is 13.2 Å². The van der Waals surface area contributed by atoms with Gasteiger partial charge in [-0.1, -0.05) is 0 Å². The fourth-order valence-corrected chi connectivity index (χ4v) is 2.78. The van der Waals surface area contributed by atoms with Crippen LogP contribution in [0.25, 0.3) is 0 Å². The predicted molar refractivity (Wildman–Crippen MR) is 46.8 cm³/mol. The van der Waals surface area contributed by atoms with Gasteiger partial charge in [-0.05, 0) is 25.7 Å². The lowest BCUT2D eigenvalue weighted by molar-refractivity contribution is -0.111. The summed E-state index contributed by atoms with van der Waals surface area (Å²) in [6.45, 7) is 0. The minimum atomic E-state index is -2.89. The summed E-state index contributed by atoms with van der Waals surface area (Å²) in [6, 6.07) is 0. The molecule has 2 radical (unpaired) electrons. The highest BCUT2D eigenvalue weighted by atomic mass is 32.2. The second kappa shape index (κ2) is 3.60. The Balaban J connectivity index is 2.26. The van der Waals surface area contributed by atoms with Crippen molar-refractivity contribution in [3.05, 3.63) is 0 Å². The van der Waals surface area contributed by atoms with Crippen LogP contribution < -0.4 is 0 Å². The minimum absolute atomic E-state index is 0.112. The fourth-order valence-electron chi connectivity index (χ4n) is 1.04. The fraction of sp³-hybridized carbons (Fsp3) is 0.857. The van der Waals surface area contributed by atoms with E-state index in [1.807, 2.05) is 0 Å². The summed E-state index contributed by atoms with van der Waals surface area (Å²) in [5, 5.41) is -0.120. The summed E-state index contributed by atoms with van der Waals surface area (Å²) < 4.78 is 22.4. The maximum Gasteiger partial charge on any atom is 0.167 e. The normalized spacial score (nSPS) is 17.7. The van der Waals surface area contributed by atoms with Crippen LogP contribution in [0.5, 0.6) is 0 Å². The molecule has 0 N–H and O–H groups in total. The summed E-state index contributed by atoms with van der Waals surface area (Å²) >= 11 is 0. The quantitative estimate of drug-likeness (QED) is 0.569. The Hall–Kier alpha value is -0.315. The van der Waals surface area contributed by atoms with E-state index < -0.39 is 15.5 Å². The Kier molecular flexibility index (Phi) is 2.93. The van der Waals surface area contributed by atoms with Crippen LogP contribution in [0, 0.1) is 0 Å². The van der Waals surface area contributed by atoms with Crippen LogP contribution in [0.4, 0.5) is 0 Å². The first-order chi connectivity index (χ1) is 5.52. The molecule has 3 nitrogen and oxygen atoms in total. The van der Waals surface area contributed by atoms with Gasteiger partial charge in [0.25, 0.3) is 0 Å². The molecule has 0 aromatic rings. The predicted octanol–water partition coefficient (Wildman–Crippen LogP) is 0.0389. The van der Waals surface area contributed by atoms with Crippen molar-refractivity contribution in [2.45, 2.75) is 30.9 Å². The first-order valence-electron chi connectivity index (χ1n) is 4.02. The molecule has 12 heavy (non-hydrogen) atoms. The van der Waals surface area contributed by atoms with Crippen molar-refractivity contribution in [3.63, 3.8) is 0 Å². The van der Waals surface area contributed by atoms with Gasteiger partial charge >= 0.3 is 0 Å². The molecule has 0 heterocycles. The average Bonchev–Trinajstić information content (AvgIpc) is 2.65. The zero-order valence-corrected chi connectivity index (χ0v) is 7.64. The standard InChI is InChI=1S/C7H11BO3S/c8-7(9)2-1-5-12(10,11)6-3-4-6/h6H,1-5H2. The van der Waals surface area contributed by atoms with Gasteiger partial charge in [-0.25, -0.2) is 8.42 Å². The van der Waals surface area contributed by atoms with E-state index in [0.29, 0.717) is 6.42 Å². The van der Waals surface area contributed by atoms with Crippen LogP contribution in [0.2, 0.25) is 0 Å². The van der Waals surface area contributed by atoms with E-state index >= 15 is 0 Å². The van der Waals surface area contributed by atoms with Crippen molar-refractivity contribution in [2.24, 2.45) is 0 Å². The Morgan fingerprint density at radius 2 is 2.00 bits per heavy atom. The third-order valence-electron chi connectivity index (χ3n) is 1.88. The van der Waals surface area contributed by atoms with Gasteiger partial charge in [0.15, 0.2) is 17.7 Å². The van der Waals surface area contributed by atoms with E-state index in [1.54, 1.807) is 0 Å². The molecule has 0 saturated heterocycles. The Morgan fingerprint density at radius 3 is 2.42 bits per heavy atom. The Labute approximate surface area is 73.9 Å². The number of carbonyl (C=O) groups excluding carboxylic acids is 1. The molecule has 0 aromatic carbocycles. The molecular weight excluding hydrogens is 175 g/mol. The minimum Gasteiger partial charge on any atom is -0.313 e. The molecule has 1 aliphatic rings. The van der Waals surface area contributed by atoms with Crippen LogP contribution in [-0.2, 0) is 14.6 Å². The highest BCUT2D eigenvalue weighted by Crippen LogP contribution is 2.29. The molecule has 0 spiro atoms. The summed E-state index contributed by atoms with van der Waals surface area (Å²) in [7, 11) is 1.99. The van der Waals surface area contributed by atoms with Crippen molar-refractivity contribution in [2.75, 3.05) is 5.75 Å². The number of hydrogen-bond donors (Lipinski definition) is 0. The van der Waals surface area contributed by atoms with Crippen LogP contribution in [-0.4, -0.2) is 32.9 Å². The Morgan fingerprint density at radius 1 is 1.42 bits per heavy atom. The Bertz CT molecular complexity index is 266. The van der Waals surface area contributed by atoms with Crippen LogP contribution in [0.3, 0.4) is 0 Å². The summed E-state index contributed by atoms with van der Waals surface area (Å²) in [5.41, 5.74) is -0.430. The van der Waals surface area contributed by atoms with Crippen LogP contribution in [0.1, 0.15) is 25.7 Å². The van der Waals surface area contributed by atoms with Gasteiger partial charge in [-0.15, -0.1) is 0 Å². The molecule has 0 atom stereocenters. The molecule has 1 rings (SSSR count). The van der Waals surface area contributed by atoms with Gasteiger partial charge in [-0.2, -0.15) is 0 Å². The second-order valence-corrected chi connectivity index (χ2v) is 5.54. The van der Waals surface area contributed by atoms with Gasteiger partial charge in [0.1, 0.15) is 0 Å². The highest BCUT2D eigenvalue weighted by Gasteiger charge is 2.34. The second-order valence-electron chi connectivity index (χ2n) is 3.14. The molecule has 66 valence electrons. The lowest BCUT2D eigenvalue weighted by Gasteiger charge is -1.99. The van der Waals surface area contributed by atoms with Gasteiger partial charge in [0.05, 0.1) is 16.7 Å². The first-order valence-corrected chi connectivity index (χ1v) is 5.74. The molecular formula is C7H11BO3S. The van der Waals surface area contributed by atoms with Gasteiger partial charge in [0, 0.05) is 0 Å². The monoisotopic (exact) mass is 186 g/mol. The zero-order valence-electron chi connectivity index (χ0n) is 6.82. The van der Waals surface area contributed by atoms with Crippen LogP contribution in [0.15, 0.2) is 0 Å². The van der Waals surface area contributed by atoms with Crippen molar-refractivity contribution in [1.29, 1.82) is 0 Å². The lowest BCUT2D eigenvalue weighted by atomic mass is 9.99.